The van der Waals surface area contributed by atoms with Crippen molar-refractivity contribution in [2.75, 3.05) is 35.7 Å². The monoisotopic (exact) mass is 366 g/mol. The molecule has 1 aromatic rings. The van der Waals surface area contributed by atoms with E-state index in [1.807, 2.05) is 13.2 Å². The summed E-state index contributed by atoms with van der Waals surface area (Å²) in [6.45, 7) is 3.61. The lowest BCUT2D eigenvalue weighted by atomic mass is 10.2. The number of likely N-dealkylation sites (N-methyl/N-ethyl adjacent to an activating group) is 1. The molecule has 138 valence electrons. The number of carbonyl (C=O) groups is 3. The summed E-state index contributed by atoms with van der Waals surface area (Å²) in [5, 5.41) is 5.38. The first kappa shape index (κ1) is 21.0. The molecule has 1 rings (SSSR count). The molecule has 1 atom stereocenters. The van der Waals surface area contributed by atoms with Gasteiger partial charge in [0.05, 0.1) is 12.6 Å². The molecule has 0 saturated carbocycles. The van der Waals surface area contributed by atoms with E-state index in [0.717, 1.165) is 5.75 Å². The first-order chi connectivity index (χ1) is 11.9. The van der Waals surface area contributed by atoms with Gasteiger partial charge in [-0.3, -0.25) is 14.4 Å². The number of nitrogens with zero attached hydrogens (tertiary/aromatic N) is 1. The Balaban J connectivity index is 2.58. The average Bonchev–Trinajstić information content (AvgIpc) is 2.58. The van der Waals surface area contributed by atoms with Gasteiger partial charge in [-0.05, 0) is 49.6 Å². The molecule has 0 fully saturated rings. The fourth-order valence-electron chi connectivity index (χ4n) is 2.16. The molecule has 0 bridgehead atoms. The standard InChI is InChI=1S/C17H26N4O3S/c1-4-21(17(24)15(18)9-10-25-3)11-16(23)20-14-7-5-13(6-8-14)19-12(2)22/h5-8,15H,4,9-11,18H2,1-3H3,(H,19,22)(H,20,23). The molecule has 7 nitrogen and oxygen atoms in total. The summed E-state index contributed by atoms with van der Waals surface area (Å²) in [5.74, 6) is 0.135. The Kier molecular flexibility index (Phi) is 9.01. The molecule has 0 aromatic heterocycles. The minimum atomic E-state index is -0.586. The Hall–Kier alpha value is -2.06. The third kappa shape index (κ3) is 7.57. The fourth-order valence-corrected chi connectivity index (χ4v) is 2.65. The molecule has 4 N–H and O–H groups in total. The van der Waals surface area contributed by atoms with Crippen molar-refractivity contribution in [3.63, 3.8) is 0 Å². The van der Waals surface area contributed by atoms with Crippen LogP contribution in [0.15, 0.2) is 24.3 Å². The van der Waals surface area contributed by atoms with E-state index >= 15 is 0 Å². The molecule has 0 aliphatic rings. The second-order valence-electron chi connectivity index (χ2n) is 5.55. The van der Waals surface area contributed by atoms with Crippen LogP contribution in [0, 0.1) is 0 Å². The molecule has 0 saturated heterocycles. The highest BCUT2D eigenvalue weighted by atomic mass is 32.2. The smallest absolute Gasteiger partial charge is 0.243 e. The second-order valence-corrected chi connectivity index (χ2v) is 6.53. The largest absolute Gasteiger partial charge is 0.332 e. The number of benzene rings is 1. The molecule has 0 radical (unpaired) electrons. The van der Waals surface area contributed by atoms with Crippen LogP contribution in [-0.2, 0) is 14.4 Å². The SMILES string of the molecule is CCN(CC(=O)Nc1ccc(NC(C)=O)cc1)C(=O)C(N)CCSC. The van der Waals surface area contributed by atoms with Crippen molar-refractivity contribution >= 4 is 40.9 Å². The molecule has 0 aliphatic carbocycles. The number of rotatable bonds is 9. The average molecular weight is 366 g/mol. The third-order valence-corrected chi connectivity index (χ3v) is 4.11. The van der Waals surface area contributed by atoms with Crippen LogP contribution in [0.1, 0.15) is 20.3 Å². The number of carbonyl (C=O) groups excluding carboxylic acids is 3. The maximum absolute atomic E-state index is 12.3. The van der Waals surface area contributed by atoms with Crippen LogP contribution in [0.25, 0.3) is 0 Å². The molecular formula is C17H26N4O3S. The van der Waals surface area contributed by atoms with E-state index in [2.05, 4.69) is 10.6 Å². The molecule has 25 heavy (non-hydrogen) atoms. The van der Waals surface area contributed by atoms with E-state index in [4.69, 9.17) is 5.73 Å². The van der Waals surface area contributed by atoms with Gasteiger partial charge in [0.2, 0.25) is 17.7 Å². The number of thioether (sulfide) groups is 1. The van der Waals surface area contributed by atoms with Crippen LogP contribution in [-0.4, -0.2) is 53.8 Å². The number of nitrogens with one attached hydrogen (secondary N) is 2. The minimum Gasteiger partial charge on any atom is -0.332 e. The van der Waals surface area contributed by atoms with Crippen LogP contribution < -0.4 is 16.4 Å². The van der Waals surface area contributed by atoms with Gasteiger partial charge >= 0.3 is 0 Å². The normalized spacial score (nSPS) is 11.5. The zero-order valence-electron chi connectivity index (χ0n) is 14.9. The Labute approximate surface area is 152 Å². The number of amides is 3. The molecule has 0 heterocycles. The topological polar surface area (TPSA) is 105 Å². The van der Waals surface area contributed by atoms with Crippen molar-refractivity contribution in [2.24, 2.45) is 5.73 Å². The highest BCUT2D eigenvalue weighted by Gasteiger charge is 2.21. The Morgan fingerprint density at radius 2 is 1.72 bits per heavy atom. The van der Waals surface area contributed by atoms with E-state index < -0.39 is 6.04 Å². The quantitative estimate of drug-likeness (QED) is 0.614. The van der Waals surface area contributed by atoms with Gasteiger partial charge in [0.15, 0.2) is 0 Å². The first-order valence-electron chi connectivity index (χ1n) is 8.08. The lowest BCUT2D eigenvalue weighted by Crippen LogP contribution is -2.46. The molecule has 8 heteroatoms. The van der Waals surface area contributed by atoms with Crippen molar-refractivity contribution in [3.8, 4) is 0 Å². The number of nitrogens with two attached hydrogens (primary N) is 1. The minimum absolute atomic E-state index is 0.0459. The number of hydrogen-bond acceptors (Lipinski definition) is 5. The van der Waals surface area contributed by atoms with Crippen LogP contribution >= 0.6 is 11.8 Å². The number of anilines is 2. The maximum Gasteiger partial charge on any atom is 0.243 e. The molecule has 3 amide bonds. The van der Waals surface area contributed by atoms with Gasteiger partial charge in [0, 0.05) is 24.8 Å². The van der Waals surface area contributed by atoms with Crippen molar-refractivity contribution in [2.45, 2.75) is 26.3 Å². The molecule has 0 spiro atoms. The van der Waals surface area contributed by atoms with Gasteiger partial charge in [-0.2, -0.15) is 11.8 Å². The first-order valence-corrected chi connectivity index (χ1v) is 9.47. The van der Waals surface area contributed by atoms with E-state index in [1.54, 1.807) is 36.0 Å². The molecule has 0 aliphatic heterocycles. The second kappa shape index (κ2) is 10.7. The van der Waals surface area contributed by atoms with Gasteiger partial charge in [0.25, 0.3) is 0 Å². The Morgan fingerprint density at radius 1 is 1.16 bits per heavy atom. The fraction of sp³-hybridized carbons (Fsp3) is 0.471. The van der Waals surface area contributed by atoms with Gasteiger partial charge in [-0.25, -0.2) is 0 Å². The van der Waals surface area contributed by atoms with Gasteiger partial charge < -0.3 is 21.3 Å². The van der Waals surface area contributed by atoms with Crippen LogP contribution in [0.5, 0.6) is 0 Å². The molecule has 1 unspecified atom stereocenters. The highest BCUT2D eigenvalue weighted by Crippen LogP contribution is 2.13. The Bertz CT molecular complexity index is 592. The lowest BCUT2D eigenvalue weighted by Gasteiger charge is -2.23. The van der Waals surface area contributed by atoms with Crippen LogP contribution in [0.3, 0.4) is 0 Å². The molecular weight excluding hydrogens is 340 g/mol. The van der Waals surface area contributed by atoms with Gasteiger partial charge in [-0.15, -0.1) is 0 Å². The third-order valence-electron chi connectivity index (χ3n) is 3.47. The molecule has 1 aromatic carbocycles. The summed E-state index contributed by atoms with van der Waals surface area (Å²) in [5.41, 5.74) is 7.13. The van der Waals surface area contributed by atoms with Crippen molar-refractivity contribution in [1.29, 1.82) is 0 Å². The van der Waals surface area contributed by atoms with Crippen LogP contribution in [0.2, 0.25) is 0 Å². The summed E-state index contributed by atoms with van der Waals surface area (Å²) in [7, 11) is 0. The maximum atomic E-state index is 12.3. The van der Waals surface area contributed by atoms with Crippen LogP contribution in [0.4, 0.5) is 11.4 Å². The summed E-state index contributed by atoms with van der Waals surface area (Å²) in [6.07, 6.45) is 2.54. The van der Waals surface area contributed by atoms with Crippen molar-refractivity contribution in [3.05, 3.63) is 24.3 Å². The predicted octanol–water partition coefficient (Wildman–Crippen LogP) is 1.51. The van der Waals surface area contributed by atoms with Gasteiger partial charge in [0.1, 0.15) is 0 Å². The van der Waals surface area contributed by atoms with Crippen molar-refractivity contribution in [1.82, 2.24) is 4.90 Å². The van der Waals surface area contributed by atoms with E-state index in [-0.39, 0.29) is 24.3 Å². The van der Waals surface area contributed by atoms with Crippen molar-refractivity contribution < 1.29 is 14.4 Å². The highest BCUT2D eigenvalue weighted by molar-refractivity contribution is 7.98. The zero-order chi connectivity index (χ0) is 18.8. The van der Waals surface area contributed by atoms with E-state index in [0.29, 0.717) is 24.3 Å². The number of hydrogen-bond donors (Lipinski definition) is 3. The van der Waals surface area contributed by atoms with Gasteiger partial charge in [-0.1, -0.05) is 0 Å². The summed E-state index contributed by atoms with van der Waals surface area (Å²) in [6, 6.07) is 6.17. The lowest BCUT2D eigenvalue weighted by molar-refractivity contribution is -0.135. The predicted molar refractivity (Wildman–Crippen MR) is 103 cm³/mol. The zero-order valence-corrected chi connectivity index (χ0v) is 15.7. The Morgan fingerprint density at radius 3 is 2.20 bits per heavy atom. The summed E-state index contributed by atoms with van der Waals surface area (Å²) >= 11 is 1.63. The van der Waals surface area contributed by atoms with E-state index in [1.165, 1.54) is 11.8 Å². The van der Waals surface area contributed by atoms with E-state index in [9.17, 15) is 14.4 Å². The summed E-state index contributed by atoms with van der Waals surface area (Å²) in [4.78, 5) is 36.9. The summed E-state index contributed by atoms with van der Waals surface area (Å²) < 4.78 is 0.